The first kappa shape index (κ1) is 12.8. The summed E-state index contributed by atoms with van der Waals surface area (Å²) in [6.07, 6.45) is 0. The summed E-state index contributed by atoms with van der Waals surface area (Å²) in [6, 6.07) is 1.41. The first-order valence-corrected chi connectivity index (χ1v) is 5.86. The molecule has 16 heavy (non-hydrogen) atoms. The molecule has 1 amide bonds. The van der Waals surface area contributed by atoms with E-state index in [9.17, 15) is 4.79 Å². The van der Waals surface area contributed by atoms with Crippen LogP contribution in [0.4, 0.5) is 10.8 Å². The molecule has 0 aliphatic rings. The molecule has 0 saturated carbocycles. The molecule has 1 unspecified atom stereocenters. The van der Waals surface area contributed by atoms with E-state index in [2.05, 4.69) is 15.0 Å². The molecule has 0 bridgehead atoms. The summed E-state index contributed by atoms with van der Waals surface area (Å²) in [5.74, 6) is 0.426. The van der Waals surface area contributed by atoms with Gasteiger partial charge in [-0.15, -0.1) is 0 Å². The molecule has 0 aliphatic carbocycles. The zero-order chi connectivity index (χ0) is 12.3. The Kier molecular flexibility index (Phi) is 3.74. The molecule has 0 aliphatic heterocycles. The van der Waals surface area contributed by atoms with Crippen LogP contribution in [0.3, 0.4) is 0 Å². The number of nitrogens with zero attached hydrogens (tertiary/aromatic N) is 1. The maximum Gasteiger partial charge on any atom is 0.242 e. The molecular formula is C10H18N4OS. The zero-order valence-electron chi connectivity index (χ0n) is 10.00. The highest BCUT2D eigenvalue weighted by molar-refractivity contribution is 7.10. The van der Waals surface area contributed by atoms with E-state index < -0.39 is 0 Å². The lowest BCUT2D eigenvalue weighted by Crippen LogP contribution is -2.47. The first-order chi connectivity index (χ1) is 7.28. The van der Waals surface area contributed by atoms with Crippen molar-refractivity contribution in [3.05, 3.63) is 6.07 Å². The van der Waals surface area contributed by atoms with E-state index in [1.54, 1.807) is 13.0 Å². The topological polar surface area (TPSA) is 80.0 Å². The molecule has 0 fully saturated rings. The Bertz CT molecular complexity index is 369. The Morgan fingerprint density at radius 1 is 1.56 bits per heavy atom. The molecule has 5 nitrogen and oxygen atoms in total. The Labute approximate surface area is 99.6 Å². The van der Waals surface area contributed by atoms with E-state index in [0.717, 1.165) is 5.00 Å². The van der Waals surface area contributed by atoms with Gasteiger partial charge in [0.25, 0.3) is 0 Å². The van der Waals surface area contributed by atoms with Crippen molar-refractivity contribution in [2.45, 2.75) is 39.3 Å². The van der Waals surface area contributed by atoms with E-state index >= 15 is 0 Å². The summed E-state index contributed by atoms with van der Waals surface area (Å²) in [6.45, 7) is 7.64. The molecule has 0 saturated heterocycles. The Balaban J connectivity index is 2.52. The van der Waals surface area contributed by atoms with Crippen molar-refractivity contribution in [1.82, 2.24) is 9.69 Å². The number of hydrogen-bond donors (Lipinski definition) is 3. The summed E-state index contributed by atoms with van der Waals surface area (Å²) in [7, 11) is 0. The van der Waals surface area contributed by atoms with Gasteiger partial charge in [0.05, 0.1) is 0 Å². The van der Waals surface area contributed by atoms with Gasteiger partial charge >= 0.3 is 0 Å². The SMILES string of the molecule is CC(Nc1cc(N)ns1)C(=O)NC(C)(C)C. The maximum atomic E-state index is 11.7. The minimum Gasteiger partial charge on any atom is -0.383 e. The number of nitrogen functional groups attached to an aromatic ring is 1. The normalized spacial score (nSPS) is 13.2. The van der Waals surface area contributed by atoms with Gasteiger partial charge in [0, 0.05) is 11.6 Å². The highest BCUT2D eigenvalue weighted by Crippen LogP contribution is 2.18. The highest BCUT2D eigenvalue weighted by atomic mass is 32.1. The van der Waals surface area contributed by atoms with E-state index in [1.165, 1.54) is 11.5 Å². The fourth-order valence-electron chi connectivity index (χ4n) is 1.11. The smallest absolute Gasteiger partial charge is 0.242 e. The van der Waals surface area contributed by atoms with Gasteiger partial charge in [-0.25, -0.2) is 0 Å². The molecule has 1 atom stereocenters. The van der Waals surface area contributed by atoms with E-state index in [4.69, 9.17) is 5.73 Å². The van der Waals surface area contributed by atoms with Crippen LogP contribution in [-0.4, -0.2) is 21.9 Å². The highest BCUT2D eigenvalue weighted by Gasteiger charge is 2.19. The monoisotopic (exact) mass is 242 g/mol. The molecule has 1 aromatic heterocycles. The van der Waals surface area contributed by atoms with Crippen LogP contribution in [0.25, 0.3) is 0 Å². The van der Waals surface area contributed by atoms with Gasteiger partial charge in [-0.3, -0.25) is 4.79 Å². The predicted octanol–water partition coefficient (Wildman–Crippen LogP) is 1.44. The Morgan fingerprint density at radius 2 is 2.19 bits per heavy atom. The van der Waals surface area contributed by atoms with Gasteiger partial charge < -0.3 is 16.4 Å². The van der Waals surface area contributed by atoms with Gasteiger partial charge in [-0.1, -0.05) is 0 Å². The number of rotatable bonds is 3. The number of nitrogens with one attached hydrogen (secondary N) is 2. The summed E-state index contributed by atoms with van der Waals surface area (Å²) < 4.78 is 3.93. The molecule has 0 radical (unpaired) electrons. The maximum absolute atomic E-state index is 11.7. The Hall–Kier alpha value is -1.30. The van der Waals surface area contributed by atoms with Gasteiger partial charge in [0.1, 0.15) is 16.9 Å². The van der Waals surface area contributed by atoms with Crippen LogP contribution >= 0.6 is 11.5 Å². The van der Waals surface area contributed by atoms with Crippen LogP contribution in [0, 0.1) is 0 Å². The molecule has 6 heteroatoms. The quantitative estimate of drug-likeness (QED) is 0.749. The molecule has 1 rings (SSSR count). The third-order valence-electron chi connectivity index (χ3n) is 1.78. The lowest BCUT2D eigenvalue weighted by Gasteiger charge is -2.23. The fourth-order valence-corrected chi connectivity index (χ4v) is 1.77. The number of nitrogens with two attached hydrogens (primary N) is 1. The van der Waals surface area contributed by atoms with Gasteiger partial charge in [0.2, 0.25) is 5.91 Å². The molecule has 4 N–H and O–H groups in total. The number of carbonyl (C=O) groups is 1. The third kappa shape index (κ3) is 4.06. The van der Waals surface area contributed by atoms with Gasteiger partial charge in [0.15, 0.2) is 0 Å². The number of carbonyl (C=O) groups excluding carboxylic acids is 1. The first-order valence-electron chi connectivity index (χ1n) is 5.09. The minimum absolute atomic E-state index is 0.0422. The summed E-state index contributed by atoms with van der Waals surface area (Å²) in [5, 5.41) is 6.75. The second kappa shape index (κ2) is 4.69. The number of hydrogen-bond acceptors (Lipinski definition) is 5. The van der Waals surface area contributed by atoms with Crippen molar-refractivity contribution in [1.29, 1.82) is 0 Å². The molecular weight excluding hydrogens is 224 g/mol. The van der Waals surface area contributed by atoms with E-state index in [0.29, 0.717) is 5.82 Å². The largest absolute Gasteiger partial charge is 0.383 e. The summed E-state index contributed by atoms with van der Waals surface area (Å²) in [4.78, 5) is 11.7. The van der Waals surface area contributed by atoms with Crippen LogP contribution in [0.1, 0.15) is 27.7 Å². The fraction of sp³-hybridized carbons (Fsp3) is 0.600. The zero-order valence-corrected chi connectivity index (χ0v) is 10.8. The summed E-state index contributed by atoms with van der Waals surface area (Å²) in [5.41, 5.74) is 5.27. The predicted molar refractivity (Wildman–Crippen MR) is 67.5 cm³/mol. The van der Waals surface area contributed by atoms with Crippen molar-refractivity contribution in [3.63, 3.8) is 0 Å². The van der Waals surface area contributed by atoms with Crippen LogP contribution in [-0.2, 0) is 4.79 Å². The molecule has 0 spiro atoms. The third-order valence-corrected chi connectivity index (χ3v) is 2.51. The second-order valence-corrected chi connectivity index (χ2v) is 5.53. The van der Waals surface area contributed by atoms with Gasteiger partial charge in [-0.05, 0) is 39.2 Å². The van der Waals surface area contributed by atoms with Crippen LogP contribution in [0.15, 0.2) is 6.07 Å². The van der Waals surface area contributed by atoms with Gasteiger partial charge in [-0.2, -0.15) is 4.37 Å². The molecule has 90 valence electrons. The van der Waals surface area contributed by atoms with Crippen molar-refractivity contribution < 1.29 is 4.79 Å². The van der Waals surface area contributed by atoms with Crippen molar-refractivity contribution in [2.24, 2.45) is 0 Å². The number of amides is 1. The lowest BCUT2D eigenvalue weighted by atomic mass is 10.1. The minimum atomic E-state index is -0.306. The number of aromatic nitrogens is 1. The average molecular weight is 242 g/mol. The van der Waals surface area contributed by atoms with Crippen molar-refractivity contribution in [2.75, 3.05) is 11.1 Å². The number of anilines is 2. The van der Waals surface area contributed by atoms with Crippen LogP contribution in [0.2, 0.25) is 0 Å². The van der Waals surface area contributed by atoms with Crippen LogP contribution < -0.4 is 16.4 Å². The molecule has 1 heterocycles. The van der Waals surface area contributed by atoms with E-state index in [-0.39, 0.29) is 17.5 Å². The average Bonchev–Trinajstić information content (AvgIpc) is 2.48. The molecule has 0 aromatic carbocycles. The second-order valence-electron chi connectivity index (χ2n) is 4.72. The lowest BCUT2D eigenvalue weighted by molar-refractivity contribution is -0.122. The summed E-state index contributed by atoms with van der Waals surface area (Å²) >= 11 is 1.25. The Morgan fingerprint density at radius 3 is 2.62 bits per heavy atom. The van der Waals surface area contributed by atoms with Crippen molar-refractivity contribution >= 4 is 28.3 Å². The van der Waals surface area contributed by atoms with Crippen molar-refractivity contribution in [3.8, 4) is 0 Å². The van der Waals surface area contributed by atoms with E-state index in [1.807, 2.05) is 20.8 Å². The van der Waals surface area contributed by atoms with Crippen LogP contribution in [0.5, 0.6) is 0 Å². The standard InChI is InChI=1S/C10H18N4OS/c1-6(9(15)13-10(2,3)4)12-8-5-7(11)14-16-8/h5-6,12H,1-4H3,(H2,11,14)(H,13,15). The molecule has 1 aromatic rings.